The topological polar surface area (TPSA) is 85.3 Å². The zero-order valence-corrected chi connectivity index (χ0v) is 15.9. The highest BCUT2D eigenvalue weighted by Gasteiger charge is 2.28. The summed E-state index contributed by atoms with van der Waals surface area (Å²) in [5, 5.41) is 10.8. The number of rotatable bonds is 5. The van der Waals surface area contributed by atoms with Crippen LogP contribution < -0.4 is 5.73 Å². The molecule has 3 aromatic rings. The standard InChI is InChI=1S/C23H24N2O3/c1-2-15-7-4-11-19-20(15)17-9-5-10-18(23(27)28)21(17)25(19)13-14-6-3-8-16(12-14)22(24)26/h3,5-6,8-10,12,15H,2,4,7,11,13H2,1H3,(H2,24,26)(H,27,28). The van der Waals surface area contributed by atoms with Crippen molar-refractivity contribution in [3.63, 3.8) is 0 Å². The van der Waals surface area contributed by atoms with Crippen LogP contribution >= 0.6 is 0 Å². The number of hydrogen-bond acceptors (Lipinski definition) is 2. The van der Waals surface area contributed by atoms with Gasteiger partial charge in [-0.05, 0) is 60.9 Å². The molecule has 1 aliphatic carbocycles. The number of aromatic carboxylic acids is 1. The van der Waals surface area contributed by atoms with Crippen molar-refractivity contribution < 1.29 is 14.7 Å². The van der Waals surface area contributed by atoms with Gasteiger partial charge in [-0.3, -0.25) is 4.79 Å². The van der Waals surface area contributed by atoms with E-state index in [2.05, 4.69) is 11.5 Å². The highest BCUT2D eigenvalue weighted by molar-refractivity contribution is 6.04. The Bertz CT molecular complexity index is 1080. The van der Waals surface area contributed by atoms with Gasteiger partial charge in [0.05, 0.1) is 11.1 Å². The molecule has 5 nitrogen and oxygen atoms in total. The van der Waals surface area contributed by atoms with Crippen LogP contribution in [-0.4, -0.2) is 21.6 Å². The summed E-state index contributed by atoms with van der Waals surface area (Å²) < 4.78 is 2.15. The van der Waals surface area contributed by atoms with E-state index in [9.17, 15) is 14.7 Å². The summed E-state index contributed by atoms with van der Waals surface area (Å²) in [6, 6.07) is 12.8. The zero-order valence-electron chi connectivity index (χ0n) is 15.9. The molecule has 1 atom stereocenters. The maximum atomic E-state index is 12.0. The highest BCUT2D eigenvalue weighted by atomic mass is 16.4. The van der Waals surface area contributed by atoms with Crippen LogP contribution in [0.3, 0.4) is 0 Å². The van der Waals surface area contributed by atoms with Gasteiger partial charge >= 0.3 is 5.97 Å². The lowest BCUT2D eigenvalue weighted by Gasteiger charge is -2.23. The molecule has 3 N–H and O–H groups in total. The molecule has 2 aromatic carbocycles. The van der Waals surface area contributed by atoms with Crippen LogP contribution in [0.5, 0.6) is 0 Å². The van der Waals surface area contributed by atoms with Crippen LogP contribution in [0.2, 0.25) is 0 Å². The fraction of sp³-hybridized carbons (Fsp3) is 0.304. The number of carbonyl (C=O) groups is 2. The summed E-state index contributed by atoms with van der Waals surface area (Å²) in [5.74, 6) is -0.923. The second kappa shape index (κ2) is 7.15. The molecule has 0 aliphatic heterocycles. The molecule has 144 valence electrons. The summed E-state index contributed by atoms with van der Waals surface area (Å²) in [5.41, 5.74) is 10.5. The monoisotopic (exact) mass is 376 g/mol. The number of nitrogens with two attached hydrogens (primary N) is 1. The van der Waals surface area contributed by atoms with Gasteiger partial charge in [0.2, 0.25) is 5.91 Å². The molecule has 4 rings (SSSR count). The molecule has 0 saturated heterocycles. The van der Waals surface area contributed by atoms with Crippen molar-refractivity contribution in [2.75, 3.05) is 0 Å². The Morgan fingerprint density at radius 2 is 2.00 bits per heavy atom. The summed E-state index contributed by atoms with van der Waals surface area (Å²) in [4.78, 5) is 23.5. The summed E-state index contributed by atoms with van der Waals surface area (Å²) in [7, 11) is 0. The first-order valence-electron chi connectivity index (χ1n) is 9.77. The van der Waals surface area contributed by atoms with E-state index in [-0.39, 0.29) is 0 Å². The molecular weight excluding hydrogens is 352 g/mol. The van der Waals surface area contributed by atoms with E-state index in [0.29, 0.717) is 23.6 Å². The molecule has 28 heavy (non-hydrogen) atoms. The van der Waals surface area contributed by atoms with Crippen molar-refractivity contribution in [1.29, 1.82) is 0 Å². The van der Waals surface area contributed by atoms with E-state index in [1.165, 1.54) is 11.3 Å². The fourth-order valence-electron chi connectivity index (χ4n) is 4.63. The van der Waals surface area contributed by atoms with Crippen LogP contribution in [0, 0.1) is 0 Å². The maximum Gasteiger partial charge on any atom is 0.337 e. The van der Waals surface area contributed by atoms with Crippen LogP contribution in [-0.2, 0) is 13.0 Å². The first kappa shape index (κ1) is 18.3. The minimum atomic E-state index is -0.916. The van der Waals surface area contributed by atoms with Gasteiger partial charge in [0.1, 0.15) is 0 Å². The van der Waals surface area contributed by atoms with E-state index in [1.807, 2.05) is 24.3 Å². The lowest BCUT2D eigenvalue weighted by molar-refractivity contribution is 0.0698. The number of fused-ring (bicyclic) bond motifs is 3. The number of carboxylic acid groups (broad SMARTS) is 1. The second-order valence-corrected chi connectivity index (χ2v) is 7.52. The zero-order chi connectivity index (χ0) is 19.8. The Labute approximate surface area is 163 Å². The summed E-state index contributed by atoms with van der Waals surface area (Å²) in [6.45, 7) is 2.72. The quantitative estimate of drug-likeness (QED) is 0.695. The number of primary amides is 1. The molecule has 1 unspecified atom stereocenters. The number of carbonyl (C=O) groups excluding carboxylic acids is 1. The lowest BCUT2D eigenvalue weighted by atomic mass is 9.83. The van der Waals surface area contributed by atoms with Gasteiger partial charge in [-0.25, -0.2) is 4.79 Å². The first-order chi connectivity index (χ1) is 13.5. The molecule has 0 fully saturated rings. The summed E-state index contributed by atoms with van der Waals surface area (Å²) >= 11 is 0. The van der Waals surface area contributed by atoms with Crippen LogP contribution in [0.25, 0.3) is 10.9 Å². The number of carboxylic acids is 1. The van der Waals surface area contributed by atoms with Crippen molar-refractivity contribution >= 4 is 22.8 Å². The third-order valence-electron chi connectivity index (χ3n) is 5.88. The van der Waals surface area contributed by atoms with Gasteiger partial charge < -0.3 is 15.4 Å². The Balaban J connectivity index is 1.95. The molecule has 0 saturated carbocycles. The van der Waals surface area contributed by atoms with E-state index in [4.69, 9.17) is 5.73 Å². The molecular formula is C23H24N2O3. The number of amides is 1. The predicted molar refractivity (Wildman–Crippen MR) is 109 cm³/mol. The van der Waals surface area contributed by atoms with Crippen molar-refractivity contribution in [2.24, 2.45) is 5.73 Å². The van der Waals surface area contributed by atoms with E-state index in [0.717, 1.165) is 42.1 Å². The smallest absolute Gasteiger partial charge is 0.337 e. The van der Waals surface area contributed by atoms with Crippen molar-refractivity contribution in [3.05, 3.63) is 70.4 Å². The molecule has 1 heterocycles. The maximum absolute atomic E-state index is 12.0. The third kappa shape index (κ3) is 2.97. The molecule has 0 spiro atoms. The van der Waals surface area contributed by atoms with Crippen LogP contribution in [0.4, 0.5) is 0 Å². The summed E-state index contributed by atoms with van der Waals surface area (Å²) in [6.07, 6.45) is 4.22. The van der Waals surface area contributed by atoms with E-state index >= 15 is 0 Å². The highest BCUT2D eigenvalue weighted by Crippen LogP contribution is 2.42. The van der Waals surface area contributed by atoms with Gasteiger partial charge in [-0.2, -0.15) is 0 Å². The Hall–Kier alpha value is -3.08. The molecule has 5 heteroatoms. The second-order valence-electron chi connectivity index (χ2n) is 7.52. The van der Waals surface area contributed by atoms with E-state index < -0.39 is 11.9 Å². The fourth-order valence-corrected chi connectivity index (χ4v) is 4.63. The van der Waals surface area contributed by atoms with E-state index in [1.54, 1.807) is 18.2 Å². The normalized spacial score (nSPS) is 16.1. The predicted octanol–water partition coefficient (Wildman–Crippen LogP) is 4.32. The molecule has 1 aliphatic rings. The van der Waals surface area contributed by atoms with Crippen LogP contribution in [0.1, 0.15) is 69.6 Å². The van der Waals surface area contributed by atoms with Gasteiger partial charge in [0.15, 0.2) is 0 Å². The minimum absolute atomic E-state index is 0.327. The van der Waals surface area contributed by atoms with Crippen LogP contribution in [0.15, 0.2) is 42.5 Å². The minimum Gasteiger partial charge on any atom is -0.478 e. The molecule has 1 aromatic heterocycles. The Morgan fingerprint density at radius 1 is 1.21 bits per heavy atom. The van der Waals surface area contributed by atoms with Gasteiger partial charge in [0.25, 0.3) is 0 Å². The number of benzene rings is 2. The SMILES string of the molecule is CCC1CCCc2c1c1cccc(C(=O)O)c1n2Cc1cccc(C(N)=O)c1. The van der Waals surface area contributed by atoms with Crippen molar-refractivity contribution in [2.45, 2.75) is 45.1 Å². The first-order valence-corrected chi connectivity index (χ1v) is 9.77. The largest absolute Gasteiger partial charge is 0.478 e. The Morgan fingerprint density at radius 3 is 2.71 bits per heavy atom. The van der Waals surface area contributed by atoms with Gasteiger partial charge in [-0.15, -0.1) is 0 Å². The lowest BCUT2D eigenvalue weighted by Crippen LogP contribution is -2.14. The third-order valence-corrected chi connectivity index (χ3v) is 5.88. The van der Waals surface area contributed by atoms with Crippen molar-refractivity contribution in [3.8, 4) is 0 Å². The van der Waals surface area contributed by atoms with Crippen molar-refractivity contribution in [1.82, 2.24) is 4.57 Å². The average Bonchev–Trinajstić information content (AvgIpc) is 3.02. The number of nitrogens with zero attached hydrogens (tertiary/aromatic N) is 1. The van der Waals surface area contributed by atoms with Gasteiger partial charge in [0, 0.05) is 23.2 Å². The Kier molecular flexibility index (Phi) is 4.67. The molecule has 0 bridgehead atoms. The molecule has 1 amide bonds. The number of aromatic nitrogens is 1. The number of para-hydroxylation sites is 1. The van der Waals surface area contributed by atoms with Gasteiger partial charge in [-0.1, -0.05) is 31.2 Å². The average molecular weight is 376 g/mol. The molecule has 0 radical (unpaired) electrons. The number of hydrogen-bond donors (Lipinski definition) is 2.